The maximum absolute atomic E-state index is 12.9. The quantitative estimate of drug-likeness (QED) is 0.580. The average Bonchev–Trinajstić information content (AvgIpc) is 2.48. The van der Waals surface area contributed by atoms with Crippen molar-refractivity contribution in [2.45, 2.75) is 39.0 Å². The van der Waals surface area contributed by atoms with E-state index in [1.807, 2.05) is 0 Å². The number of ketones is 1. The fraction of sp³-hybridized carbons (Fsp3) is 0.588. The molecular weight excluding hydrogens is 253 g/mol. The van der Waals surface area contributed by atoms with Gasteiger partial charge in [0.05, 0.1) is 0 Å². The number of rotatable bonds is 6. The summed E-state index contributed by atoms with van der Waals surface area (Å²) in [5, 5.41) is 0. The van der Waals surface area contributed by atoms with Crippen molar-refractivity contribution in [3.63, 3.8) is 0 Å². The SMILES string of the molecule is CCCCCN1CCC(C(=O)c2ccc(F)cc2)CC1. The van der Waals surface area contributed by atoms with Crippen molar-refractivity contribution in [1.29, 1.82) is 0 Å². The normalized spacial score (nSPS) is 17.3. The molecule has 0 aromatic heterocycles. The van der Waals surface area contributed by atoms with E-state index in [-0.39, 0.29) is 17.5 Å². The minimum atomic E-state index is -0.285. The van der Waals surface area contributed by atoms with Crippen LogP contribution in [0.4, 0.5) is 4.39 Å². The minimum Gasteiger partial charge on any atom is -0.303 e. The third kappa shape index (κ3) is 4.14. The van der Waals surface area contributed by atoms with Crippen LogP contribution in [-0.2, 0) is 0 Å². The van der Waals surface area contributed by atoms with Gasteiger partial charge in [0.15, 0.2) is 5.78 Å². The van der Waals surface area contributed by atoms with Crippen molar-refractivity contribution in [3.05, 3.63) is 35.6 Å². The van der Waals surface area contributed by atoms with E-state index in [9.17, 15) is 9.18 Å². The van der Waals surface area contributed by atoms with Crippen LogP contribution in [0.3, 0.4) is 0 Å². The van der Waals surface area contributed by atoms with E-state index in [4.69, 9.17) is 0 Å². The molecule has 0 atom stereocenters. The fourth-order valence-corrected chi connectivity index (χ4v) is 2.85. The first-order valence-electron chi connectivity index (χ1n) is 7.73. The predicted molar refractivity (Wildman–Crippen MR) is 79.4 cm³/mol. The lowest BCUT2D eigenvalue weighted by atomic mass is 9.89. The van der Waals surface area contributed by atoms with Crippen LogP contribution in [0, 0.1) is 11.7 Å². The zero-order valence-electron chi connectivity index (χ0n) is 12.3. The van der Waals surface area contributed by atoms with Crippen LogP contribution in [0.1, 0.15) is 49.4 Å². The number of nitrogens with zero attached hydrogens (tertiary/aromatic N) is 1. The lowest BCUT2D eigenvalue weighted by Crippen LogP contribution is -2.36. The van der Waals surface area contributed by atoms with E-state index in [2.05, 4.69) is 11.8 Å². The molecule has 2 nitrogen and oxygen atoms in total. The highest BCUT2D eigenvalue weighted by atomic mass is 19.1. The van der Waals surface area contributed by atoms with Gasteiger partial charge in [-0.2, -0.15) is 0 Å². The highest BCUT2D eigenvalue weighted by Gasteiger charge is 2.25. The van der Waals surface area contributed by atoms with Crippen LogP contribution < -0.4 is 0 Å². The van der Waals surface area contributed by atoms with E-state index in [0.29, 0.717) is 5.56 Å². The second kappa shape index (κ2) is 7.53. The summed E-state index contributed by atoms with van der Waals surface area (Å²) in [5.41, 5.74) is 0.649. The van der Waals surface area contributed by atoms with E-state index >= 15 is 0 Å². The average molecular weight is 277 g/mol. The van der Waals surface area contributed by atoms with Gasteiger partial charge in [-0.3, -0.25) is 4.79 Å². The summed E-state index contributed by atoms with van der Waals surface area (Å²) in [4.78, 5) is 14.8. The summed E-state index contributed by atoms with van der Waals surface area (Å²) in [7, 11) is 0. The summed E-state index contributed by atoms with van der Waals surface area (Å²) in [6, 6.07) is 5.94. The Kier molecular flexibility index (Phi) is 5.72. The Hall–Kier alpha value is -1.22. The molecule has 0 radical (unpaired) electrons. The number of hydrogen-bond acceptors (Lipinski definition) is 2. The van der Waals surface area contributed by atoms with E-state index in [1.165, 1.54) is 31.4 Å². The smallest absolute Gasteiger partial charge is 0.166 e. The Labute approximate surface area is 121 Å². The first kappa shape index (κ1) is 15.2. The van der Waals surface area contributed by atoms with Crippen molar-refractivity contribution < 1.29 is 9.18 Å². The molecule has 1 fully saturated rings. The van der Waals surface area contributed by atoms with Crippen molar-refractivity contribution >= 4 is 5.78 Å². The molecule has 20 heavy (non-hydrogen) atoms. The van der Waals surface area contributed by atoms with Crippen molar-refractivity contribution in [2.24, 2.45) is 5.92 Å². The topological polar surface area (TPSA) is 20.3 Å². The molecule has 110 valence electrons. The number of benzene rings is 1. The van der Waals surface area contributed by atoms with Crippen molar-refractivity contribution in [1.82, 2.24) is 4.90 Å². The van der Waals surface area contributed by atoms with Gasteiger partial charge in [-0.25, -0.2) is 4.39 Å². The molecule has 0 spiro atoms. The number of carbonyl (C=O) groups excluding carboxylic acids is 1. The summed E-state index contributed by atoms with van der Waals surface area (Å²) in [6.07, 6.45) is 5.66. The van der Waals surface area contributed by atoms with Gasteiger partial charge in [0.1, 0.15) is 5.82 Å². The highest BCUT2D eigenvalue weighted by Crippen LogP contribution is 2.22. The number of piperidine rings is 1. The minimum absolute atomic E-state index is 0.114. The Morgan fingerprint density at radius 2 is 1.85 bits per heavy atom. The van der Waals surface area contributed by atoms with Crippen LogP contribution in [0.25, 0.3) is 0 Å². The summed E-state index contributed by atoms with van der Waals surface area (Å²) in [6.45, 7) is 5.40. The number of unbranched alkanes of at least 4 members (excludes halogenated alkanes) is 2. The lowest BCUT2D eigenvalue weighted by molar-refractivity contribution is 0.0839. The molecule has 0 N–H and O–H groups in total. The number of Topliss-reactive ketones (excluding diaryl/α,β-unsaturated/α-hetero) is 1. The summed E-state index contributed by atoms with van der Waals surface area (Å²) >= 11 is 0. The van der Waals surface area contributed by atoms with Crippen LogP contribution in [0.5, 0.6) is 0 Å². The Morgan fingerprint density at radius 1 is 1.20 bits per heavy atom. The molecule has 0 unspecified atom stereocenters. The van der Waals surface area contributed by atoms with Gasteiger partial charge in [0.2, 0.25) is 0 Å². The van der Waals surface area contributed by atoms with Crippen molar-refractivity contribution in [2.75, 3.05) is 19.6 Å². The van der Waals surface area contributed by atoms with Gasteiger partial charge in [0.25, 0.3) is 0 Å². The highest BCUT2D eigenvalue weighted by molar-refractivity contribution is 5.97. The maximum Gasteiger partial charge on any atom is 0.166 e. The van der Waals surface area contributed by atoms with Crippen molar-refractivity contribution in [3.8, 4) is 0 Å². The second-order valence-corrected chi connectivity index (χ2v) is 5.69. The Bertz CT molecular complexity index is 421. The third-order valence-corrected chi connectivity index (χ3v) is 4.17. The molecule has 0 saturated carbocycles. The maximum atomic E-state index is 12.9. The van der Waals surface area contributed by atoms with E-state index in [1.54, 1.807) is 12.1 Å². The van der Waals surface area contributed by atoms with Gasteiger partial charge in [0, 0.05) is 11.5 Å². The van der Waals surface area contributed by atoms with Gasteiger partial charge < -0.3 is 4.90 Å². The molecule has 3 heteroatoms. The molecule has 0 amide bonds. The summed E-state index contributed by atoms with van der Waals surface area (Å²) < 4.78 is 12.9. The van der Waals surface area contributed by atoms with E-state index < -0.39 is 0 Å². The van der Waals surface area contributed by atoms with Crippen LogP contribution in [0.2, 0.25) is 0 Å². The Morgan fingerprint density at radius 3 is 2.45 bits per heavy atom. The molecular formula is C17H24FNO. The summed E-state index contributed by atoms with van der Waals surface area (Å²) in [5.74, 6) is 0.00777. The monoisotopic (exact) mass is 277 g/mol. The van der Waals surface area contributed by atoms with Gasteiger partial charge in [-0.1, -0.05) is 19.8 Å². The molecule has 2 rings (SSSR count). The number of carbonyl (C=O) groups is 1. The standard InChI is InChI=1S/C17H24FNO/c1-2-3-4-11-19-12-9-15(10-13-19)17(20)14-5-7-16(18)8-6-14/h5-8,15H,2-4,9-13H2,1H3. The van der Waals surface area contributed by atoms with E-state index in [0.717, 1.165) is 32.5 Å². The molecule has 0 bridgehead atoms. The molecule has 1 aliphatic rings. The molecule has 1 heterocycles. The fourth-order valence-electron chi connectivity index (χ4n) is 2.85. The molecule has 1 aromatic carbocycles. The zero-order valence-corrected chi connectivity index (χ0v) is 12.3. The number of likely N-dealkylation sites (tertiary alicyclic amines) is 1. The third-order valence-electron chi connectivity index (χ3n) is 4.17. The first-order chi connectivity index (χ1) is 9.70. The molecule has 0 aliphatic carbocycles. The number of halogens is 1. The first-order valence-corrected chi connectivity index (χ1v) is 7.73. The largest absolute Gasteiger partial charge is 0.303 e. The lowest BCUT2D eigenvalue weighted by Gasteiger charge is -2.31. The van der Waals surface area contributed by atoms with Crippen LogP contribution in [0.15, 0.2) is 24.3 Å². The van der Waals surface area contributed by atoms with Gasteiger partial charge in [-0.15, -0.1) is 0 Å². The second-order valence-electron chi connectivity index (χ2n) is 5.69. The number of hydrogen-bond donors (Lipinski definition) is 0. The van der Waals surface area contributed by atoms with Crippen LogP contribution in [-0.4, -0.2) is 30.3 Å². The van der Waals surface area contributed by atoms with Gasteiger partial charge >= 0.3 is 0 Å². The van der Waals surface area contributed by atoms with Gasteiger partial charge in [-0.05, 0) is 63.2 Å². The zero-order chi connectivity index (χ0) is 14.4. The Balaban J connectivity index is 1.81. The molecule has 1 saturated heterocycles. The van der Waals surface area contributed by atoms with Crippen LogP contribution >= 0.6 is 0 Å². The predicted octanol–water partition coefficient (Wildman–Crippen LogP) is 3.91. The molecule has 1 aromatic rings. The molecule has 1 aliphatic heterocycles.